The van der Waals surface area contributed by atoms with Crippen molar-refractivity contribution in [3.8, 4) is 0 Å². The number of hydrogen-bond donors (Lipinski definition) is 2. The minimum Gasteiger partial charge on any atom is -0.398 e. The summed E-state index contributed by atoms with van der Waals surface area (Å²) < 4.78 is 38.4. The summed E-state index contributed by atoms with van der Waals surface area (Å²) in [5.41, 5.74) is 5.48. The molecule has 0 heterocycles. The fourth-order valence-corrected chi connectivity index (χ4v) is 2.80. The Morgan fingerprint density at radius 1 is 1.45 bits per heavy atom. The number of carbonyl (C=O) groups is 1. The van der Waals surface area contributed by atoms with Crippen LogP contribution in [-0.2, 0) is 14.8 Å². The molecule has 112 valence electrons. The average molecular weight is 303 g/mol. The van der Waals surface area contributed by atoms with Crippen LogP contribution in [-0.4, -0.2) is 38.3 Å². The maximum Gasteiger partial charge on any atom is 0.245 e. The van der Waals surface area contributed by atoms with Crippen molar-refractivity contribution in [2.45, 2.75) is 24.8 Å². The van der Waals surface area contributed by atoms with Gasteiger partial charge in [-0.3, -0.25) is 4.79 Å². The van der Waals surface area contributed by atoms with Crippen LogP contribution in [0, 0.1) is 5.82 Å². The number of amides is 1. The lowest BCUT2D eigenvalue weighted by atomic mass is 10.3. The third-order valence-corrected chi connectivity index (χ3v) is 4.34. The monoisotopic (exact) mass is 303 g/mol. The highest BCUT2D eigenvalue weighted by molar-refractivity contribution is 7.89. The zero-order chi connectivity index (χ0) is 15.5. The van der Waals surface area contributed by atoms with Crippen LogP contribution in [0.1, 0.15) is 13.8 Å². The van der Waals surface area contributed by atoms with Crippen molar-refractivity contribution in [3.63, 3.8) is 0 Å². The van der Waals surface area contributed by atoms with Crippen molar-refractivity contribution >= 4 is 21.6 Å². The molecule has 20 heavy (non-hydrogen) atoms. The Bertz CT molecular complexity index is 602. The summed E-state index contributed by atoms with van der Waals surface area (Å²) in [6.07, 6.45) is 0. The minimum absolute atomic E-state index is 0.0671. The van der Waals surface area contributed by atoms with Gasteiger partial charge < -0.3 is 11.1 Å². The Morgan fingerprint density at radius 3 is 2.60 bits per heavy atom. The van der Waals surface area contributed by atoms with Crippen LogP contribution in [0.3, 0.4) is 0 Å². The predicted octanol–water partition coefficient (Wildman–Crippen LogP) is 0.553. The van der Waals surface area contributed by atoms with Gasteiger partial charge in [0, 0.05) is 13.1 Å². The second-order valence-corrected chi connectivity index (χ2v) is 6.68. The summed E-state index contributed by atoms with van der Waals surface area (Å²) >= 11 is 0. The Morgan fingerprint density at radius 2 is 2.05 bits per heavy atom. The second-order valence-electron chi connectivity index (χ2n) is 4.67. The third kappa shape index (κ3) is 3.91. The number of nitrogens with zero attached hydrogens (tertiary/aromatic N) is 1. The third-order valence-electron chi connectivity index (χ3n) is 2.48. The van der Waals surface area contributed by atoms with E-state index in [-0.39, 0.29) is 23.2 Å². The number of halogens is 1. The highest BCUT2D eigenvalue weighted by Gasteiger charge is 2.25. The van der Waals surface area contributed by atoms with E-state index in [1.165, 1.54) is 13.1 Å². The highest BCUT2D eigenvalue weighted by atomic mass is 32.2. The van der Waals surface area contributed by atoms with Crippen molar-refractivity contribution in [1.82, 2.24) is 9.62 Å². The van der Waals surface area contributed by atoms with Crippen molar-refractivity contribution in [1.29, 1.82) is 0 Å². The van der Waals surface area contributed by atoms with Gasteiger partial charge in [-0.15, -0.1) is 0 Å². The molecule has 1 aromatic carbocycles. The summed E-state index contributed by atoms with van der Waals surface area (Å²) in [6.45, 7) is 3.16. The van der Waals surface area contributed by atoms with Crippen LogP contribution >= 0.6 is 0 Å². The first-order chi connectivity index (χ1) is 9.14. The van der Waals surface area contributed by atoms with Crippen molar-refractivity contribution < 1.29 is 17.6 Å². The molecular weight excluding hydrogens is 285 g/mol. The van der Waals surface area contributed by atoms with E-state index in [1.807, 2.05) is 0 Å². The lowest BCUT2D eigenvalue weighted by Crippen LogP contribution is -2.41. The molecule has 0 aromatic heterocycles. The summed E-state index contributed by atoms with van der Waals surface area (Å²) in [6, 6.07) is 2.98. The first kappa shape index (κ1) is 16.4. The van der Waals surface area contributed by atoms with Gasteiger partial charge in [-0.2, -0.15) is 4.31 Å². The van der Waals surface area contributed by atoms with Crippen LogP contribution in [0.4, 0.5) is 10.1 Å². The molecule has 6 nitrogen and oxygen atoms in total. The summed E-state index contributed by atoms with van der Waals surface area (Å²) in [5, 5.41) is 2.57. The van der Waals surface area contributed by atoms with E-state index in [0.29, 0.717) is 0 Å². The molecule has 0 bridgehead atoms. The molecule has 1 rings (SSSR count). The fraction of sp³-hybridized carbons (Fsp3) is 0.417. The predicted molar refractivity (Wildman–Crippen MR) is 73.9 cm³/mol. The molecule has 1 amide bonds. The smallest absolute Gasteiger partial charge is 0.245 e. The molecule has 8 heteroatoms. The van der Waals surface area contributed by atoms with Gasteiger partial charge in [0.15, 0.2) is 0 Å². The molecule has 0 aliphatic rings. The van der Waals surface area contributed by atoms with Crippen LogP contribution in [0.2, 0.25) is 0 Å². The number of sulfonamides is 1. The molecule has 0 spiro atoms. The first-order valence-corrected chi connectivity index (χ1v) is 7.39. The van der Waals surface area contributed by atoms with Gasteiger partial charge in [-0.1, -0.05) is 0 Å². The fourth-order valence-electron chi connectivity index (χ4n) is 1.55. The number of nitrogens with one attached hydrogen (secondary N) is 1. The van der Waals surface area contributed by atoms with E-state index in [1.54, 1.807) is 13.8 Å². The molecule has 0 aliphatic heterocycles. The average Bonchev–Trinajstić information content (AvgIpc) is 2.30. The highest BCUT2D eigenvalue weighted by Crippen LogP contribution is 2.22. The number of likely N-dealkylation sites (N-methyl/N-ethyl adjacent to an activating group) is 1. The molecule has 0 aliphatic carbocycles. The number of nitrogens with two attached hydrogens (primary N) is 1. The zero-order valence-electron chi connectivity index (χ0n) is 11.6. The number of nitrogen functional groups attached to an aromatic ring is 1. The molecule has 0 radical (unpaired) electrons. The maximum atomic E-state index is 13.2. The van der Waals surface area contributed by atoms with Crippen molar-refractivity contribution in [2.24, 2.45) is 0 Å². The van der Waals surface area contributed by atoms with Gasteiger partial charge in [0.25, 0.3) is 0 Å². The zero-order valence-corrected chi connectivity index (χ0v) is 12.4. The number of benzene rings is 1. The lowest BCUT2D eigenvalue weighted by Gasteiger charge is -2.18. The maximum absolute atomic E-state index is 13.2. The molecule has 0 fully saturated rings. The van der Waals surface area contributed by atoms with Crippen LogP contribution in [0.25, 0.3) is 0 Å². The van der Waals surface area contributed by atoms with E-state index in [4.69, 9.17) is 5.73 Å². The molecule has 0 unspecified atom stereocenters. The molecule has 0 atom stereocenters. The van der Waals surface area contributed by atoms with Gasteiger partial charge in [-0.05, 0) is 32.0 Å². The number of anilines is 1. The number of hydrogen-bond acceptors (Lipinski definition) is 4. The Labute approximate surface area is 117 Å². The second kappa shape index (κ2) is 6.19. The quantitative estimate of drug-likeness (QED) is 0.777. The van der Waals surface area contributed by atoms with Gasteiger partial charge in [0.1, 0.15) is 10.7 Å². The SMILES string of the molecule is CC(C)NC(=O)CN(C)S(=O)(=O)c1cc(F)ccc1N. The van der Waals surface area contributed by atoms with Gasteiger partial charge in [-0.25, -0.2) is 12.8 Å². The topological polar surface area (TPSA) is 92.5 Å². The molecule has 1 aromatic rings. The lowest BCUT2D eigenvalue weighted by molar-refractivity contribution is -0.121. The van der Waals surface area contributed by atoms with Crippen molar-refractivity contribution in [2.75, 3.05) is 19.3 Å². The first-order valence-electron chi connectivity index (χ1n) is 5.95. The van der Waals surface area contributed by atoms with E-state index >= 15 is 0 Å². The summed E-state index contributed by atoms with van der Waals surface area (Å²) in [7, 11) is -2.78. The van der Waals surface area contributed by atoms with Crippen LogP contribution in [0.5, 0.6) is 0 Å². The van der Waals surface area contributed by atoms with Crippen molar-refractivity contribution in [3.05, 3.63) is 24.0 Å². The molecular formula is C12H18FN3O3S. The standard InChI is InChI=1S/C12H18FN3O3S/c1-8(2)15-12(17)7-16(3)20(18,19)11-6-9(13)4-5-10(11)14/h4-6,8H,7,14H2,1-3H3,(H,15,17). The largest absolute Gasteiger partial charge is 0.398 e. The number of carbonyl (C=O) groups excluding carboxylic acids is 1. The van der Waals surface area contributed by atoms with E-state index in [0.717, 1.165) is 16.4 Å². The molecule has 3 N–H and O–H groups in total. The molecule has 0 saturated carbocycles. The van der Waals surface area contributed by atoms with E-state index in [9.17, 15) is 17.6 Å². The van der Waals surface area contributed by atoms with Crippen LogP contribution < -0.4 is 11.1 Å². The van der Waals surface area contributed by atoms with Gasteiger partial charge >= 0.3 is 0 Å². The Hall–Kier alpha value is -1.67. The summed E-state index contributed by atoms with van der Waals surface area (Å²) in [5.74, 6) is -1.15. The Kier molecular flexibility index (Phi) is 5.07. The van der Waals surface area contributed by atoms with Gasteiger partial charge in [0.2, 0.25) is 15.9 Å². The minimum atomic E-state index is -4.02. The normalized spacial score (nSPS) is 11.9. The van der Waals surface area contributed by atoms with E-state index in [2.05, 4.69) is 5.32 Å². The summed E-state index contributed by atoms with van der Waals surface area (Å²) in [4.78, 5) is 11.2. The molecule has 0 saturated heterocycles. The van der Waals surface area contributed by atoms with E-state index < -0.39 is 21.7 Å². The number of rotatable bonds is 5. The van der Waals surface area contributed by atoms with Crippen LogP contribution in [0.15, 0.2) is 23.1 Å². The Balaban J connectivity index is 2.98. The van der Waals surface area contributed by atoms with Gasteiger partial charge in [0.05, 0.1) is 12.2 Å².